The molecule has 5 rings (SSSR count). The van der Waals surface area contributed by atoms with E-state index in [1.807, 2.05) is 0 Å². The van der Waals surface area contributed by atoms with Crippen molar-refractivity contribution in [2.45, 2.75) is 123 Å². The van der Waals surface area contributed by atoms with Gasteiger partial charge in [0, 0.05) is 0 Å². The van der Waals surface area contributed by atoms with Gasteiger partial charge in [-0.15, -0.1) is 0 Å². The van der Waals surface area contributed by atoms with Gasteiger partial charge in [-0.25, -0.2) is 0 Å². The Kier molecular flexibility index (Phi) is 14.9. The molecule has 0 saturated carbocycles. The standard InChI is InChI=1S/C49H62Ge2/c1-9-36-26-20-27-37(10-2)46(36)50(47-38(11-3)28-21-29-39(47)12-4)35-34-45(44-24-18-17-19-25-44)51(48-40(13-5)30-22-31-41(48)14-6)49-42(15-7)32-23-33-43(49)16-8/h17-33,45H,9-16,34-35H2,1-8H3. The number of rotatable bonds is 17. The van der Waals surface area contributed by atoms with Gasteiger partial charge in [0.25, 0.3) is 0 Å². The molecule has 0 amide bonds. The summed E-state index contributed by atoms with van der Waals surface area (Å²) in [5.41, 5.74) is 14.4. The van der Waals surface area contributed by atoms with Crippen molar-refractivity contribution >= 4 is 46.3 Å². The molecule has 0 spiro atoms. The van der Waals surface area contributed by atoms with Crippen LogP contribution in [0.5, 0.6) is 0 Å². The second kappa shape index (κ2) is 19.3. The zero-order chi connectivity index (χ0) is 36.3. The van der Waals surface area contributed by atoms with Crippen molar-refractivity contribution in [3.05, 3.63) is 153 Å². The van der Waals surface area contributed by atoms with Crippen molar-refractivity contribution in [1.82, 2.24) is 0 Å². The average Bonchev–Trinajstić information content (AvgIpc) is 3.20. The van der Waals surface area contributed by atoms with Crippen LogP contribution >= 0.6 is 0 Å². The summed E-state index contributed by atoms with van der Waals surface area (Å²) in [5.74, 6) is 0. The summed E-state index contributed by atoms with van der Waals surface area (Å²) >= 11 is -4.29. The van der Waals surface area contributed by atoms with E-state index in [2.05, 4.69) is 159 Å². The first-order chi connectivity index (χ1) is 25.0. The van der Waals surface area contributed by atoms with Crippen LogP contribution in [0.2, 0.25) is 5.25 Å². The van der Waals surface area contributed by atoms with Crippen LogP contribution in [0.3, 0.4) is 0 Å². The van der Waals surface area contributed by atoms with E-state index in [0.717, 1.165) is 51.4 Å². The van der Waals surface area contributed by atoms with E-state index in [-0.39, 0.29) is 0 Å². The maximum atomic E-state index is 2.49. The van der Waals surface area contributed by atoms with Crippen molar-refractivity contribution in [3.63, 3.8) is 0 Å². The number of hydrogen-bond acceptors (Lipinski definition) is 0. The fourth-order valence-electron chi connectivity index (χ4n) is 8.74. The Bertz CT molecular complexity index is 1650. The molecular weight excluding hydrogens is 734 g/mol. The predicted octanol–water partition coefficient (Wildman–Crippen LogP) is 9.82. The van der Waals surface area contributed by atoms with E-state index >= 15 is 0 Å². The summed E-state index contributed by atoms with van der Waals surface area (Å²) in [4.78, 5) is 0. The fourth-order valence-corrected chi connectivity index (χ4v) is 27.3. The third-order valence-electron chi connectivity index (χ3n) is 11.4. The first kappa shape index (κ1) is 39.4. The van der Waals surface area contributed by atoms with Crippen molar-refractivity contribution < 1.29 is 0 Å². The molecule has 0 aliphatic heterocycles. The fraction of sp³-hybridized carbons (Fsp3) is 0.388. The zero-order valence-electron chi connectivity index (χ0n) is 33.0. The Labute approximate surface area is 320 Å². The molecule has 0 aliphatic carbocycles. The average molecular weight is 796 g/mol. The number of hydrogen-bond donors (Lipinski definition) is 0. The van der Waals surface area contributed by atoms with Gasteiger partial charge in [0.1, 0.15) is 0 Å². The molecule has 266 valence electrons. The third-order valence-corrected chi connectivity index (χ3v) is 26.0. The molecule has 0 heterocycles. The molecule has 5 aromatic carbocycles. The molecule has 0 N–H and O–H groups in total. The molecule has 0 fully saturated rings. The van der Waals surface area contributed by atoms with Crippen molar-refractivity contribution in [2.24, 2.45) is 0 Å². The minimum absolute atomic E-state index is 0.544. The first-order valence-corrected chi connectivity index (χ1v) is 27.1. The van der Waals surface area contributed by atoms with Crippen LogP contribution in [-0.4, -0.2) is 28.7 Å². The Morgan fingerprint density at radius 2 is 0.647 bits per heavy atom. The topological polar surface area (TPSA) is 0 Å². The van der Waals surface area contributed by atoms with Gasteiger partial charge in [0.05, 0.1) is 0 Å². The van der Waals surface area contributed by atoms with Crippen LogP contribution in [0.25, 0.3) is 0 Å². The van der Waals surface area contributed by atoms with E-state index in [0.29, 0.717) is 4.75 Å². The van der Waals surface area contributed by atoms with E-state index in [1.54, 1.807) is 67.7 Å². The van der Waals surface area contributed by atoms with Crippen LogP contribution in [0.4, 0.5) is 0 Å². The van der Waals surface area contributed by atoms with E-state index < -0.39 is 28.7 Å². The minimum atomic E-state index is -2.24. The Hall–Kier alpha value is -2.81. The van der Waals surface area contributed by atoms with Crippen LogP contribution in [0, 0.1) is 0 Å². The second-order valence-corrected chi connectivity index (χ2v) is 24.5. The molecule has 0 aromatic heterocycles. The third kappa shape index (κ3) is 8.54. The summed E-state index contributed by atoms with van der Waals surface area (Å²) in [6.07, 6.45) is 10.1. The summed E-state index contributed by atoms with van der Waals surface area (Å²) in [6.45, 7) is 19.1. The van der Waals surface area contributed by atoms with E-state index in [9.17, 15) is 0 Å². The van der Waals surface area contributed by atoms with Gasteiger partial charge in [0.15, 0.2) is 0 Å². The van der Waals surface area contributed by atoms with Crippen molar-refractivity contribution in [2.75, 3.05) is 0 Å². The summed E-state index contributed by atoms with van der Waals surface area (Å²) < 4.78 is 7.68. The molecule has 0 bridgehead atoms. The Morgan fingerprint density at radius 3 is 0.941 bits per heavy atom. The van der Waals surface area contributed by atoms with Gasteiger partial charge in [-0.2, -0.15) is 0 Å². The van der Waals surface area contributed by atoms with Crippen LogP contribution in [0.1, 0.15) is 117 Å². The molecule has 2 heteroatoms. The van der Waals surface area contributed by atoms with E-state index in [1.165, 1.54) is 11.7 Å². The zero-order valence-corrected chi connectivity index (χ0v) is 37.2. The predicted molar refractivity (Wildman–Crippen MR) is 229 cm³/mol. The van der Waals surface area contributed by atoms with Crippen molar-refractivity contribution in [3.8, 4) is 0 Å². The molecule has 0 saturated heterocycles. The summed E-state index contributed by atoms with van der Waals surface area (Å²) in [6, 6.07) is 40.9. The molecule has 0 aliphatic rings. The van der Waals surface area contributed by atoms with Gasteiger partial charge in [-0.05, 0) is 0 Å². The van der Waals surface area contributed by atoms with Crippen LogP contribution in [0.15, 0.2) is 103 Å². The molecule has 0 nitrogen and oxygen atoms in total. The molecule has 5 aromatic rings. The van der Waals surface area contributed by atoms with Crippen molar-refractivity contribution in [1.29, 1.82) is 0 Å². The van der Waals surface area contributed by atoms with Crippen LogP contribution < -0.4 is 17.6 Å². The van der Waals surface area contributed by atoms with E-state index in [4.69, 9.17) is 0 Å². The van der Waals surface area contributed by atoms with Gasteiger partial charge < -0.3 is 0 Å². The van der Waals surface area contributed by atoms with Gasteiger partial charge in [-0.1, -0.05) is 0 Å². The number of aryl methyl sites for hydroxylation is 8. The molecule has 1 atom stereocenters. The molecule has 2 radical (unpaired) electrons. The maximum absolute atomic E-state index is 2.49. The summed E-state index contributed by atoms with van der Waals surface area (Å²) in [7, 11) is 0. The molecule has 51 heavy (non-hydrogen) atoms. The molecule has 1 unspecified atom stereocenters. The first-order valence-electron chi connectivity index (χ1n) is 20.2. The SMILES string of the molecule is CCc1cccc(CC)[c]1[Ge]([CH2]C[CH](c1ccccc1)[Ge]([c]1c(CC)cccc1CC)[c]1c(CC)cccc1CC)[c]1c(CC)cccc1CC. The monoisotopic (exact) mass is 798 g/mol. The quantitative estimate of drug-likeness (QED) is 0.0823. The second-order valence-electron chi connectivity index (χ2n) is 14.0. The Morgan fingerprint density at radius 1 is 0.353 bits per heavy atom. The van der Waals surface area contributed by atoms with Crippen LogP contribution in [-0.2, 0) is 51.4 Å². The summed E-state index contributed by atoms with van der Waals surface area (Å²) in [5, 5.41) is 1.33. The normalized spacial score (nSPS) is 12.2. The van der Waals surface area contributed by atoms with Gasteiger partial charge in [-0.3, -0.25) is 0 Å². The van der Waals surface area contributed by atoms with Gasteiger partial charge in [0.2, 0.25) is 0 Å². The van der Waals surface area contributed by atoms with Gasteiger partial charge >= 0.3 is 323 Å². The number of benzene rings is 5. The Balaban J connectivity index is 1.82. The molecular formula is C49H62Ge2.